The van der Waals surface area contributed by atoms with Crippen molar-refractivity contribution in [2.24, 2.45) is 0 Å². The molecule has 0 unspecified atom stereocenters. The van der Waals surface area contributed by atoms with Gasteiger partial charge in [0.25, 0.3) is 5.95 Å². The largest absolute Gasteiger partial charge is 0.479 e. The van der Waals surface area contributed by atoms with Crippen LogP contribution < -0.4 is 4.74 Å². The summed E-state index contributed by atoms with van der Waals surface area (Å²) in [6, 6.07) is 2.58. The maximum absolute atomic E-state index is 14.3. The van der Waals surface area contributed by atoms with Gasteiger partial charge in [0.2, 0.25) is 5.88 Å². The number of benzene rings is 1. The number of rotatable bonds is 6. The molecule has 0 saturated heterocycles. The number of ether oxygens (including phenoxy) is 2. The van der Waals surface area contributed by atoms with Crippen LogP contribution in [-0.2, 0) is 4.74 Å². The fourth-order valence-corrected chi connectivity index (χ4v) is 3.18. The smallest absolute Gasteiger partial charge is 0.341 e. The highest BCUT2D eigenvalue weighted by molar-refractivity contribution is 7.59. The zero-order valence-electron chi connectivity index (χ0n) is 17.4. The fourth-order valence-electron chi connectivity index (χ4n) is 3.18. The standard InChI is InChI=1S/C20H18F2N6O3.H2S/c1-4-31-19(29)12-8-23-27(10-12)20-25-16-9-24-28(17(16)18(26-20)30-3)11(2)14-7-13(21)5-6-15(14)22;/h5-11H,4H2,1-3H3;1H2/t11-;/m0./s1. The Morgan fingerprint density at radius 2 is 1.97 bits per heavy atom. The summed E-state index contributed by atoms with van der Waals surface area (Å²) in [4.78, 5) is 20.6. The van der Waals surface area contributed by atoms with E-state index in [-0.39, 0.29) is 43.1 Å². The van der Waals surface area contributed by atoms with Crippen LogP contribution in [0.1, 0.15) is 35.8 Å². The SMILES string of the molecule is CCOC(=O)c1cnn(-c2nc(OC)c3c(cnn3[C@@H](C)c3cc(F)ccc3F)n2)c1.S. The second-order valence-corrected chi connectivity index (χ2v) is 6.59. The Morgan fingerprint density at radius 3 is 2.69 bits per heavy atom. The lowest BCUT2D eigenvalue weighted by Crippen LogP contribution is -2.12. The molecule has 0 fully saturated rings. The van der Waals surface area contributed by atoms with E-state index in [4.69, 9.17) is 9.47 Å². The van der Waals surface area contributed by atoms with Crippen LogP contribution in [0.25, 0.3) is 17.0 Å². The van der Waals surface area contributed by atoms with Crippen molar-refractivity contribution < 1.29 is 23.0 Å². The van der Waals surface area contributed by atoms with Crippen molar-refractivity contribution in [3.8, 4) is 11.8 Å². The number of fused-ring (bicyclic) bond motifs is 1. The minimum absolute atomic E-state index is 0. The molecule has 9 nitrogen and oxygen atoms in total. The van der Waals surface area contributed by atoms with Crippen LogP contribution in [-0.4, -0.2) is 49.2 Å². The van der Waals surface area contributed by atoms with Crippen molar-refractivity contribution >= 4 is 30.5 Å². The van der Waals surface area contributed by atoms with Crippen LogP contribution in [0, 0.1) is 11.6 Å². The highest BCUT2D eigenvalue weighted by atomic mass is 32.1. The van der Waals surface area contributed by atoms with Gasteiger partial charge in [0.05, 0.1) is 37.7 Å². The lowest BCUT2D eigenvalue weighted by molar-refractivity contribution is 0.0526. The van der Waals surface area contributed by atoms with E-state index in [0.717, 1.165) is 18.2 Å². The molecule has 168 valence electrons. The topological polar surface area (TPSA) is 97.0 Å². The molecule has 3 aromatic heterocycles. The molecule has 0 radical (unpaired) electrons. The minimum atomic E-state index is -0.656. The van der Waals surface area contributed by atoms with Crippen molar-refractivity contribution in [3.05, 3.63) is 59.6 Å². The molecule has 0 saturated carbocycles. The number of hydrogen-bond acceptors (Lipinski definition) is 7. The van der Waals surface area contributed by atoms with Gasteiger partial charge in [-0.1, -0.05) is 0 Å². The predicted molar refractivity (Wildman–Crippen MR) is 116 cm³/mol. The molecule has 0 aliphatic heterocycles. The van der Waals surface area contributed by atoms with E-state index in [1.165, 1.54) is 35.1 Å². The zero-order valence-corrected chi connectivity index (χ0v) is 18.4. The van der Waals surface area contributed by atoms with Crippen LogP contribution >= 0.6 is 13.5 Å². The highest BCUT2D eigenvalue weighted by Gasteiger charge is 2.22. The molecule has 0 bridgehead atoms. The third-order valence-corrected chi connectivity index (χ3v) is 4.67. The number of hydrogen-bond donors (Lipinski definition) is 0. The lowest BCUT2D eigenvalue weighted by atomic mass is 10.1. The van der Waals surface area contributed by atoms with Crippen molar-refractivity contribution in [2.75, 3.05) is 13.7 Å². The molecular weight excluding hydrogens is 442 g/mol. The normalized spacial score (nSPS) is 11.8. The summed E-state index contributed by atoms with van der Waals surface area (Å²) < 4.78 is 41.1. The first-order chi connectivity index (χ1) is 14.9. The molecule has 1 aromatic carbocycles. The number of aromatic nitrogens is 6. The molecule has 3 heterocycles. The molecule has 0 amide bonds. The van der Waals surface area contributed by atoms with Crippen LogP contribution in [0.2, 0.25) is 0 Å². The summed E-state index contributed by atoms with van der Waals surface area (Å²) in [6.07, 6.45) is 4.25. The molecule has 12 heteroatoms. The van der Waals surface area contributed by atoms with Crippen molar-refractivity contribution in [1.29, 1.82) is 0 Å². The molecule has 0 spiro atoms. The van der Waals surface area contributed by atoms with E-state index in [1.54, 1.807) is 13.8 Å². The van der Waals surface area contributed by atoms with Crippen LogP contribution in [0.4, 0.5) is 8.78 Å². The maximum Gasteiger partial charge on any atom is 0.341 e. The van der Waals surface area contributed by atoms with E-state index in [2.05, 4.69) is 20.2 Å². The van der Waals surface area contributed by atoms with Crippen LogP contribution in [0.3, 0.4) is 0 Å². The molecule has 1 atom stereocenters. The van der Waals surface area contributed by atoms with Crippen molar-refractivity contribution in [1.82, 2.24) is 29.5 Å². The summed E-state index contributed by atoms with van der Waals surface area (Å²) >= 11 is 0. The van der Waals surface area contributed by atoms with Gasteiger partial charge in [0.1, 0.15) is 22.7 Å². The highest BCUT2D eigenvalue weighted by Crippen LogP contribution is 2.29. The second kappa shape index (κ2) is 9.30. The first kappa shape index (κ1) is 23.1. The summed E-state index contributed by atoms with van der Waals surface area (Å²) in [6.45, 7) is 3.62. The van der Waals surface area contributed by atoms with Crippen molar-refractivity contribution in [2.45, 2.75) is 19.9 Å². The molecular formula is C20H20F2N6O3S. The summed E-state index contributed by atoms with van der Waals surface area (Å²) in [5, 5.41) is 8.38. The van der Waals surface area contributed by atoms with Crippen LogP contribution in [0.5, 0.6) is 5.88 Å². The first-order valence-corrected chi connectivity index (χ1v) is 9.39. The van der Waals surface area contributed by atoms with Gasteiger partial charge in [0, 0.05) is 11.8 Å². The third kappa shape index (κ3) is 4.13. The Kier molecular flexibility index (Phi) is 6.72. The van der Waals surface area contributed by atoms with Gasteiger partial charge in [-0.25, -0.2) is 23.2 Å². The quantitative estimate of drug-likeness (QED) is 0.406. The van der Waals surface area contributed by atoms with E-state index < -0.39 is 23.6 Å². The number of nitrogens with zero attached hydrogens (tertiary/aromatic N) is 6. The van der Waals surface area contributed by atoms with E-state index >= 15 is 0 Å². The van der Waals surface area contributed by atoms with Gasteiger partial charge in [-0.3, -0.25) is 4.68 Å². The van der Waals surface area contributed by atoms with Crippen LogP contribution in [0.15, 0.2) is 36.8 Å². The first-order valence-electron chi connectivity index (χ1n) is 9.39. The van der Waals surface area contributed by atoms with Gasteiger partial charge >= 0.3 is 5.97 Å². The van der Waals surface area contributed by atoms with Gasteiger partial charge in [-0.15, -0.1) is 0 Å². The summed E-state index contributed by atoms with van der Waals surface area (Å²) in [5.41, 5.74) is 1.18. The Labute approximate surface area is 188 Å². The third-order valence-electron chi connectivity index (χ3n) is 4.67. The predicted octanol–water partition coefficient (Wildman–Crippen LogP) is 3.20. The molecule has 4 aromatic rings. The van der Waals surface area contributed by atoms with Gasteiger partial charge in [-0.05, 0) is 32.0 Å². The molecule has 0 aliphatic carbocycles. The van der Waals surface area contributed by atoms with Gasteiger partial charge in [0.15, 0.2) is 0 Å². The minimum Gasteiger partial charge on any atom is -0.479 e. The Morgan fingerprint density at radius 1 is 1.19 bits per heavy atom. The number of carbonyl (C=O) groups excluding carboxylic acids is 1. The lowest BCUT2D eigenvalue weighted by Gasteiger charge is -2.16. The molecule has 0 aliphatic rings. The van der Waals surface area contributed by atoms with Crippen molar-refractivity contribution in [3.63, 3.8) is 0 Å². The Hall–Kier alpha value is -3.54. The number of esters is 1. The molecule has 4 rings (SSSR count). The average Bonchev–Trinajstić information content (AvgIpc) is 3.42. The Balaban J connectivity index is 0.00000289. The number of halogens is 2. The zero-order chi connectivity index (χ0) is 22.1. The van der Waals surface area contributed by atoms with E-state index in [9.17, 15) is 13.6 Å². The fraction of sp³-hybridized carbons (Fsp3) is 0.250. The van der Waals surface area contributed by atoms with Gasteiger partial charge < -0.3 is 9.47 Å². The summed E-state index contributed by atoms with van der Waals surface area (Å²) in [7, 11) is 1.42. The monoisotopic (exact) mass is 462 g/mol. The van der Waals surface area contributed by atoms with E-state index in [1.807, 2.05) is 0 Å². The Bertz CT molecular complexity index is 1280. The summed E-state index contributed by atoms with van der Waals surface area (Å²) in [5.74, 6) is -1.32. The number of methoxy groups -OCH3 is 1. The molecule has 0 N–H and O–H groups in total. The van der Waals surface area contributed by atoms with Gasteiger partial charge in [-0.2, -0.15) is 28.7 Å². The maximum atomic E-state index is 14.3. The average molecular weight is 462 g/mol. The number of carbonyl (C=O) groups is 1. The second-order valence-electron chi connectivity index (χ2n) is 6.59. The molecule has 32 heavy (non-hydrogen) atoms. The van der Waals surface area contributed by atoms with E-state index in [0.29, 0.717) is 11.0 Å².